The molecule has 5 aromatic rings. The number of aromatic nitrogens is 8. The van der Waals surface area contributed by atoms with Gasteiger partial charge in [-0.05, 0) is 32.0 Å². The first kappa shape index (κ1) is 23.3. The minimum atomic E-state index is -1.27. The lowest BCUT2D eigenvalue weighted by Crippen LogP contribution is -2.53. The predicted octanol–water partition coefficient (Wildman–Crippen LogP) is 1.60. The number of aryl methyl sites for hydroxylation is 2. The topological polar surface area (TPSA) is 157 Å². The van der Waals surface area contributed by atoms with E-state index in [0.717, 1.165) is 25.8 Å². The van der Waals surface area contributed by atoms with Crippen molar-refractivity contribution in [3.63, 3.8) is 0 Å². The van der Waals surface area contributed by atoms with Crippen LogP contribution in [0.2, 0.25) is 0 Å². The Hall–Kier alpha value is -3.14. The van der Waals surface area contributed by atoms with Gasteiger partial charge in [-0.2, -0.15) is 5.10 Å². The molecule has 1 aliphatic heterocycles. The summed E-state index contributed by atoms with van der Waals surface area (Å²) in [5.41, 5.74) is 3.87. The Morgan fingerprint density at radius 1 is 1.14 bits per heavy atom. The van der Waals surface area contributed by atoms with E-state index in [1.807, 2.05) is 25.1 Å². The van der Waals surface area contributed by atoms with E-state index in [2.05, 4.69) is 30.4 Å². The fraction of sp³-hybridized carbons (Fsp3) is 0.364. The number of rotatable bonds is 5. The van der Waals surface area contributed by atoms with Gasteiger partial charge in [0.2, 0.25) is 0 Å². The normalized spacial score (nSPS) is 24.5. The first-order valence-corrected chi connectivity index (χ1v) is 12.9. The SMILES string of the molecule is Cc1nc([C@@H]2O[C@H](CO)[C@H](O)[C@H](n3cc(-c4cncs4)nn3)[C@H]2O)n(-c2ccc3nc(C)sc3c2)n1. The number of thiazole rings is 2. The zero-order valence-electron chi connectivity index (χ0n) is 19.2. The number of hydrogen-bond donors (Lipinski definition) is 3. The van der Waals surface area contributed by atoms with Gasteiger partial charge >= 0.3 is 0 Å². The van der Waals surface area contributed by atoms with Crippen molar-refractivity contribution in [3.8, 4) is 16.3 Å². The van der Waals surface area contributed by atoms with Gasteiger partial charge in [-0.1, -0.05) is 5.21 Å². The average molecular weight is 527 g/mol. The molecular weight excluding hydrogens is 504 g/mol. The van der Waals surface area contributed by atoms with Crippen molar-refractivity contribution in [2.45, 2.75) is 44.3 Å². The maximum atomic E-state index is 11.5. The van der Waals surface area contributed by atoms with Gasteiger partial charge in [0.1, 0.15) is 42.0 Å². The smallest absolute Gasteiger partial charge is 0.164 e. The van der Waals surface area contributed by atoms with Crippen LogP contribution in [0, 0.1) is 13.8 Å². The van der Waals surface area contributed by atoms with Gasteiger partial charge in [0.05, 0.1) is 44.1 Å². The number of hydrogen-bond acceptors (Lipinski definition) is 12. The van der Waals surface area contributed by atoms with Crippen molar-refractivity contribution in [2.24, 2.45) is 0 Å². The number of nitrogens with zero attached hydrogens (tertiary/aromatic N) is 8. The molecule has 0 radical (unpaired) electrons. The van der Waals surface area contributed by atoms with Crippen molar-refractivity contribution < 1.29 is 20.1 Å². The Bertz CT molecular complexity index is 1510. The molecule has 186 valence electrons. The van der Waals surface area contributed by atoms with Gasteiger partial charge in [-0.15, -0.1) is 27.8 Å². The lowest BCUT2D eigenvalue weighted by atomic mass is 9.92. The summed E-state index contributed by atoms with van der Waals surface area (Å²) in [4.78, 5) is 13.9. The van der Waals surface area contributed by atoms with Gasteiger partial charge in [0.25, 0.3) is 0 Å². The summed E-state index contributed by atoms with van der Waals surface area (Å²) in [5, 5.41) is 46.2. The van der Waals surface area contributed by atoms with Crippen LogP contribution in [0.25, 0.3) is 26.5 Å². The van der Waals surface area contributed by atoms with Crippen LogP contribution in [-0.4, -0.2) is 80.0 Å². The molecule has 0 amide bonds. The van der Waals surface area contributed by atoms with Crippen LogP contribution in [0.3, 0.4) is 0 Å². The lowest BCUT2D eigenvalue weighted by molar-refractivity contribution is -0.210. The number of aliphatic hydroxyl groups excluding tert-OH is 3. The molecule has 12 nitrogen and oxygen atoms in total. The van der Waals surface area contributed by atoms with Crippen molar-refractivity contribution >= 4 is 32.9 Å². The Balaban J connectivity index is 1.40. The van der Waals surface area contributed by atoms with Crippen molar-refractivity contribution in [1.82, 2.24) is 39.7 Å². The second-order valence-electron chi connectivity index (χ2n) is 8.51. The van der Waals surface area contributed by atoms with Gasteiger partial charge in [-0.3, -0.25) is 4.98 Å². The number of aliphatic hydroxyl groups is 3. The molecule has 1 aromatic carbocycles. The molecule has 0 spiro atoms. The minimum absolute atomic E-state index is 0.346. The molecule has 3 N–H and O–H groups in total. The number of ether oxygens (including phenoxy) is 1. The van der Waals surface area contributed by atoms with E-state index < -0.39 is 37.1 Å². The molecule has 14 heteroatoms. The quantitative estimate of drug-likeness (QED) is 0.307. The minimum Gasteiger partial charge on any atom is -0.394 e. The first-order valence-electron chi connectivity index (χ1n) is 11.2. The maximum Gasteiger partial charge on any atom is 0.164 e. The third-order valence-corrected chi connectivity index (χ3v) is 7.84. The maximum absolute atomic E-state index is 11.5. The van der Waals surface area contributed by atoms with Crippen molar-refractivity contribution in [2.75, 3.05) is 6.61 Å². The summed E-state index contributed by atoms with van der Waals surface area (Å²) in [6.45, 7) is 3.24. The van der Waals surface area contributed by atoms with E-state index in [0.29, 0.717) is 17.3 Å². The average Bonchev–Trinajstić information content (AvgIpc) is 3.65. The van der Waals surface area contributed by atoms with Crippen molar-refractivity contribution in [3.05, 3.63) is 52.8 Å². The highest BCUT2D eigenvalue weighted by molar-refractivity contribution is 7.18. The summed E-state index contributed by atoms with van der Waals surface area (Å²) in [6.07, 6.45) is -1.20. The Morgan fingerprint density at radius 3 is 2.78 bits per heavy atom. The molecule has 6 rings (SSSR count). The van der Waals surface area contributed by atoms with E-state index >= 15 is 0 Å². The van der Waals surface area contributed by atoms with Crippen LogP contribution < -0.4 is 0 Å². The third-order valence-electron chi connectivity index (χ3n) is 6.11. The monoisotopic (exact) mass is 526 g/mol. The molecule has 0 unspecified atom stereocenters. The van der Waals surface area contributed by atoms with Gasteiger partial charge < -0.3 is 20.1 Å². The Kier molecular flexibility index (Phi) is 5.86. The molecule has 4 aromatic heterocycles. The summed E-state index contributed by atoms with van der Waals surface area (Å²) >= 11 is 2.97. The van der Waals surface area contributed by atoms with E-state index in [9.17, 15) is 15.3 Å². The largest absolute Gasteiger partial charge is 0.394 e. The molecule has 1 fully saturated rings. The van der Waals surface area contributed by atoms with Crippen LogP contribution in [0.5, 0.6) is 0 Å². The summed E-state index contributed by atoms with van der Waals surface area (Å²) in [5.74, 6) is 0.830. The molecule has 0 aliphatic carbocycles. The van der Waals surface area contributed by atoms with E-state index in [1.165, 1.54) is 16.0 Å². The molecule has 36 heavy (non-hydrogen) atoms. The Morgan fingerprint density at radius 2 is 2.00 bits per heavy atom. The number of benzene rings is 1. The van der Waals surface area contributed by atoms with Crippen LogP contribution in [0.15, 0.2) is 36.1 Å². The van der Waals surface area contributed by atoms with Gasteiger partial charge in [0, 0.05) is 6.20 Å². The molecule has 0 saturated carbocycles. The van der Waals surface area contributed by atoms with E-state index in [4.69, 9.17) is 4.74 Å². The van der Waals surface area contributed by atoms with Crippen LogP contribution in [-0.2, 0) is 4.74 Å². The first-order chi connectivity index (χ1) is 17.4. The third kappa shape index (κ3) is 3.91. The molecule has 5 atom stereocenters. The molecule has 1 saturated heterocycles. The van der Waals surface area contributed by atoms with Crippen LogP contribution in [0.1, 0.15) is 28.8 Å². The second-order valence-corrected chi connectivity index (χ2v) is 10.6. The summed E-state index contributed by atoms with van der Waals surface area (Å²) in [7, 11) is 0. The highest BCUT2D eigenvalue weighted by atomic mass is 32.1. The fourth-order valence-corrected chi connectivity index (χ4v) is 5.90. The highest BCUT2D eigenvalue weighted by Crippen LogP contribution is 2.39. The highest BCUT2D eigenvalue weighted by Gasteiger charge is 2.48. The summed E-state index contributed by atoms with van der Waals surface area (Å²) < 4.78 is 10.0. The number of fused-ring (bicyclic) bond motifs is 1. The molecular formula is C22H22N8O4S2. The Labute approximate surface area is 212 Å². The van der Waals surface area contributed by atoms with Crippen molar-refractivity contribution in [1.29, 1.82) is 0 Å². The lowest BCUT2D eigenvalue weighted by Gasteiger charge is -2.41. The molecule has 0 bridgehead atoms. The molecule has 5 heterocycles. The zero-order valence-corrected chi connectivity index (χ0v) is 20.8. The standard InChI is InChI=1S/C22H22N8O4S2/c1-10-24-22(30(27-10)12-3-4-13-16(5-12)36-11(2)25-13)21-20(33)18(19(32)15(8-31)34-21)29-7-14(26-28-29)17-6-23-9-35-17/h3-7,9,15,18-21,31-33H,8H2,1-2H3/t15-,18+,19+,20-,21-/m1/s1. The zero-order chi connectivity index (χ0) is 25.0. The van der Waals surface area contributed by atoms with Crippen LogP contribution >= 0.6 is 22.7 Å². The second kappa shape index (κ2) is 9.06. The van der Waals surface area contributed by atoms with Crippen LogP contribution in [0.4, 0.5) is 0 Å². The van der Waals surface area contributed by atoms with Gasteiger partial charge in [0.15, 0.2) is 5.82 Å². The summed E-state index contributed by atoms with van der Waals surface area (Å²) in [6, 6.07) is 4.80. The van der Waals surface area contributed by atoms with E-state index in [1.54, 1.807) is 40.8 Å². The molecule has 1 aliphatic rings. The predicted molar refractivity (Wildman–Crippen MR) is 131 cm³/mol. The van der Waals surface area contributed by atoms with E-state index in [-0.39, 0.29) is 0 Å². The van der Waals surface area contributed by atoms with Gasteiger partial charge in [-0.25, -0.2) is 19.3 Å². The fourth-order valence-electron chi connectivity index (χ4n) is 4.47.